The van der Waals surface area contributed by atoms with Gasteiger partial charge in [0.15, 0.2) is 5.15 Å². The first-order valence-electron chi connectivity index (χ1n) is 9.90. The molecule has 1 aromatic carbocycles. The van der Waals surface area contributed by atoms with E-state index in [0.29, 0.717) is 22.3 Å². The normalized spacial score (nSPS) is 15.0. The number of nitrogens with two attached hydrogens (primary N) is 1. The highest BCUT2D eigenvalue weighted by molar-refractivity contribution is 6.29. The number of carbonyl (C=O) groups excluding carboxylic acids is 1. The molecule has 0 aliphatic heterocycles. The van der Waals surface area contributed by atoms with Gasteiger partial charge in [0.2, 0.25) is 0 Å². The highest BCUT2D eigenvalue weighted by Gasteiger charge is 2.27. The van der Waals surface area contributed by atoms with Crippen LogP contribution in [0.3, 0.4) is 0 Å². The standard InChI is InChI=1S/C23H31ClN4O2/c1-7-23(6,14-26-21(29)30-22(3,4)5)17-10-8-9-16(13-17)18(11-12-25)19-15(2)27-28-20(19)24/h8-13,27H,2,7,14,25H2,1,3-6H3,(H,26,29)/b12-11-,19-18-. The van der Waals surface area contributed by atoms with Crippen LogP contribution < -0.4 is 21.6 Å². The van der Waals surface area contributed by atoms with Crippen molar-refractivity contribution in [3.05, 3.63) is 63.4 Å². The van der Waals surface area contributed by atoms with Gasteiger partial charge < -0.3 is 15.8 Å². The molecular weight excluding hydrogens is 400 g/mol. The van der Waals surface area contributed by atoms with Gasteiger partial charge in [-0.3, -0.25) is 5.10 Å². The minimum atomic E-state index is -0.541. The molecule has 0 bridgehead atoms. The van der Waals surface area contributed by atoms with E-state index in [-0.39, 0.29) is 5.41 Å². The molecule has 0 saturated heterocycles. The van der Waals surface area contributed by atoms with Crippen molar-refractivity contribution in [1.29, 1.82) is 0 Å². The highest BCUT2D eigenvalue weighted by atomic mass is 35.5. The summed E-state index contributed by atoms with van der Waals surface area (Å²) in [5, 5.41) is 11.4. The number of hydrogen-bond acceptors (Lipinski definition) is 4. The lowest BCUT2D eigenvalue weighted by atomic mass is 9.79. The van der Waals surface area contributed by atoms with Crippen molar-refractivity contribution in [2.24, 2.45) is 5.73 Å². The molecule has 1 atom stereocenters. The van der Waals surface area contributed by atoms with Crippen LogP contribution in [-0.4, -0.2) is 28.4 Å². The quantitative estimate of drug-likeness (QED) is 0.655. The summed E-state index contributed by atoms with van der Waals surface area (Å²) < 4.78 is 5.37. The lowest BCUT2D eigenvalue weighted by Gasteiger charge is -2.30. The molecule has 0 saturated carbocycles. The van der Waals surface area contributed by atoms with Crippen LogP contribution in [-0.2, 0) is 10.2 Å². The van der Waals surface area contributed by atoms with Crippen LogP contribution in [0.5, 0.6) is 0 Å². The third kappa shape index (κ3) is 5.66. The Kier molecular flexibility index (Phi) is 7.37. The number of nitrogens with zero attached hydrogens (tertiary/aromatic N) is 1. The van der Waals surface area contributed by atoms with Gasteiger partial charge in [-0.25, -0.2) is 4.79 Å². The maximum Gasteiger partial charge on any atom is 0.407 e. The predicted molar refractivity (Wildman–Crippen MR) is 123 cm³/mol. The molecule has 1 amide bonds. The van der Waals surface area contributed by atoms with E-state index >= 15 is 0 Å². The number of alkyl carbamates (subject to hydrolysis) is 1. The van der Waals surface area contributed by atoms with Gasteiger partial charge in [0.25, 0.3) is 0 Å². The van der Waals surface area contributed by atoms with Gasteiger partial charge in [-0.15, -0.1) is 0 Å². The Morgan fingerprint density at radius 1 is 1.37 bits per heavy atom. The van der Waals surface area contributed by atoms with Crippen molar-refractivity contribution in [2.75, 3.05) is 6.54 Å². The van der Waals surface area contributed by atoms with Crippen LogP contribution in [0.2, 0.25) is 5.15 Å². The number of aromatic amines is 1. The Morgan fingerprint density at radius 2 is 2.07 bits per heavy atom. The van der Waals surface area contributed by atoms with Gasteiger partial charge in [-0.2, -0.15) is 5.10 Å². The van der Waals surface area contributed by atoms with E-state index in [9.17, 15) is 4.79 Å². The van der Waals surface area contributed by atoms with Crippen LogP contribution in [0, 0.1) is 0 Å². The van der Waals surface area contributed by atoms with E-state index in [2.05, 4.69) is 48.1 Å². The minimum absolute atomic E-state index is 0.294. The van der Waals surface area contributed by atoms with Gasteiger partial charge in [-0.05, 0) is 56.2 Å². The van der Waals surface area contributed by atoms with E-state index in [1.54, 1.807) is 6.08 Å². The summed E-state index contributed by atoms with van der Waals surface area (Å²) in [6, 6.07) is 8.10. The first kappa shape index (κ1) is 23.5. The van der Waals surface area contributed by atoms with Crippen LogP contribution in [0.25, 0.3) is 12.2 Å². The number of ether oxygens (including phenoxy) is 1. The summed E-state index contributed by atoms with van der Waals surface area (Å²) in [6.07, 6.45) is 3.64. The van der Waals surface area contributed by atoms with Crippen LogP contribution in [0.15, 0.2) is 36.5 Å². The van der Waals surface area contributed by atoms with Crippen molar-refractivity contribution in [3.63, 3.8) is 0 Å². The highest BCUT2D eigenvalue weighted by Crippen LogP contribution is 2.29. The summed E-state index contributed by atoms with van der Waals surface area (Å²) in [7, 11) is 0. The molecule has 0 spiro atoms. The number of benzene rings is 1. The molecule has 4 N–H and O–H groups in total. The molecule has 0 radical (unpaired) electrons. The van der Waals surface area contributed by atoms with Gasteiger partial charge in [-0.1, -0.05) is 56.3 Å². The first-order chi connectivity index (χ1) is 14.0. The monoisotopic (exact) mass is 430 g/mol. The molecule has 0 aliphatic rings. The second-order valence-corrected chi connectivity index (χ2v) is 8.85. The van der Waals surface area contributed by atoms with E-state index in [0.717, 1.165) is 23.1 Å². The number of hydrogen-bond donors (Lipinski definition) is 3. The molecule has 30 heavy (non-hydrogen) atoms. The molecule has 1 aromatic heterocycles. The zero-order valence-electron chi connectivity index (χ0n) is 18.3. The molecule has 162 valence electrons. The summed E-state index contributed by atoms with van der Waals surface area (Å²) in [5.74, 6) is 0. The average molecular weight is 431 g/mol. The van der Waals surface area contributed by atoms with E-state index in [4.69, 9.17) is 22.1 Å². The van der Waals surface area contributed by atoms with Gasteiger partial charge in [0.1, 0.15) is 5.60 Å². The number of allylic oxidation sites excluding steroid dienone is 1. The minimum Gasteiger partial charge on any atom is -0.444 e. The first-order valence-corrected chi connectivity index (χ1v) is 10.3. The molecule has 2 aromatic rings. The van der Waals surface area contributed by atoms with Gasteiger partial charge in [0.05, 0.1) is 5.35 Å². The maximum absolute atomic E-state index is 12.2. The summed E-state index contributed by atoms with van der Waals surface area (Å²) in [4.78, 5) is 12.2. The Labute approximate surface area is 182 Å². The Bertz CT molecular complexity index is 1040. The summed E-state index contributed by atoms with van der Waals surface area (Å²) in [5.41, 5.74) is 7.69. The summed E-state index contributed by atoms with van der Waals surface area (Å²) >= 11 is 6.28. The number of aromatic nitrogens is 2. The third-order valence-electron chi connectivity index (χ3n) is 5.00. The van der Waals surface area contributed by atoms with Crippen LogP contribution >= 0.6 is 11.6 Å². The molecule has 2 rings (SSSR count). The lowest BCUT2D eigenvalue weighted by molar-refractivity contribution is 0.0515. The molecule has 1 heterocycles. The SMILES string of the molecule is C=c1[nH]nc(Cl)/c1=C(/C=C\N)c1cccc(C(C)(CC)CNC(=O)OC(C)(C)C)c1. The van der Waals surface area contributed by atoms with Gasteiger partial charge in [0, 0.05) is 17.2 Å². The van der Waals surface area contributed by atoms with Gasteiger partial charge >= 0.3 is 6.09 Å². The molecular formula is C23H31ClN4O2. The van der Waals surface area contributed by atoms with Crippen molar-refractivity contribution in [2.45, 2.75) is 52.1 Å². The smallest absolute Gasteiger partial charge is 0.407 e. The van der Waals surface area contributed by atoms with Crippen LogP contribution in [0.1, 0.15) is 52.2 Å². The topological polar surface area (TPSA) is 93.0 Å². The molecule has 0 fully saturated rings. The van der Waals surface area contributed by atoms with Crippen molar-refractivity contribution in [1.82, 2.24) is 15.5 Å². The number of amides is 1. The number of halogens is 1. The average Bonchev–Trinajstić information content (AvgIpc) is 3.01. The number of carbonyl (C=O) groups is 1. The van der Waals surface area contributed by atoms with E-state index < -0.39 is 11.7 Å². The fourth-order valence-corrected chi connectivity index (χ4v) is 3.38. The Morgan fingerprint density at radius 3 is 2.60 bits per heavy atom. The zero-order chi connectivity index (χ0) is 22.5. The third-order valence-corrected chi connectivity index (χ3v) is 5.28. The fraction of sp³-hybridized carbons (Fsp3) is 0.391. The molecule has 0 aliphatic carbocycles. The number of H-pyrrole nitrogens is 1. The second kappa shape index (κ2) is 9.39. The zero-order valence-corrected chi connectivity index (χ0v) is 19.1. The maximum atomic E-state index is 12.2. The Hall–Kier alpha value is -2.73. The second-order valence-electron chi connectivity index (χ2n) is 8.49. The lowest BCUT2D eigenvalue weighted by Crippen LogP contribution is -2.41. The number of rotatable bonds is 6. The predicted octanol–water partition coefficient (Wildman–Crippen LogP) is 3.34. The fourth-order valence-electron chi connectivity index (χ4n) is 3.12. The van der Waals surface area contributed by atoms with Crippen molar-refractivity contribution < 1.29 is 9.53 Å². The van der Waals surface area contributed by atoms with E-state index in [1.165, 1.54) is 6.20 Å². The Balaban J connectivity index is 2.44. The molecule has 7 heteroatoms. The van der Waals surface area contributed by atoms with Crippen molar-refractivity contribution >= 4 is 29.8 Å². The van der Waals surface area contributed by atoms with Crippen molar-refractivity contribution in [3.8, 4) is 0 Å². The van der Waals surface area contributed by atoms with E-state index in [1.807, 2.05) is 32.9 Å². The molecule has 1 unspecified atom stereocenters. The summed E-state index contributed by atoms with van der Waals surface area (Å²) in [6.45, 7) is 14.1. The number of nitrogens with one attached hydrogen (secondary N) is 2. The largest absolute Gasteiger partial charge is 0.444 e. The van der Waals surface area contributed by atoms with Crippen LogP contribution in [0.4, 0.5) is 4.79 Å². The molecule has 6 nitrogen and oxygen atoms in total.